The van der Waals surface area contributed by atoms with E-state index in [1.165, 1.54) is 64.2 Å². The zero-order valence-corrected chi connectivity index (χ0v) is 37.9. The molecule has 330 valence electrons. The van der Waals surface area contributed by atoms with E-state index in [0.29, 0.717) is 61.2 Å². The van der Waals surface area contributed by atoms with Gasteiger partial charge in [0.1, 0.15) is 6.23 Å². The van der Waals surface area contributed by atoms with Crippen molar-refractivity contribution in [1.82, 2.24) is 4.90 Å². The SMILES string of the molecule is CCCCCCCCN(CCC[C@@H](C)C1CC[C@H]2C3[C@H](OCCCN)CC4CC(OCCCN)CCC4(C)[C@H]3C[C@H](OCCCN)C12C)C(O)CCCCCS. The van der Waals surface area contributed by atoms with Gasteiger partial charge in [0.2, 0.25) is 0 Å². The molecule has 0 aromatic rings. The zero-order chi connectivity index (χ0) is 40.4. The second-order valence-corrected chi connectivity index (χ2v) is 19.9. The van der Waals surface area contributed by atoms with Gasteiger partial charge in [0, 0.05) is 38.3 Å². The third kappa shape index (κ3) is 13.0. The molecule has 0 aromatic carbocycles. The van der Waals surface area contributed by atoms with Crippen molar-refractivity contribution >= 4 is 12.6 Å². The van der Waals surface area contributed by atoms with Crippen LogP contribution in [0.15, 0.2) is 0 Å². The Morgan fingerprint density at radius 1 is 0.714 bits per heavy atom. The highest BCUT2D eigenvalue weighted by Crippen LogP contribution is 2.69. The molecule has 56 heavy (non-hydrogen) atoms. The summed E-state index contributed by atoms with van der Waals surface area (Å²) in [6.45, 7) is 16.5. The quantitative estimate of drug-likeness (QED) is 0.0277. The van der Waals surface area contributed by atoms with Crippen molar-refractivity contribution < 1.29 is 19.3 Å². The third-order valence-electron chi connectivity index (χ3n) is 15.9. The van der Waals surface area contributed by atoms with E-state index >= 15 is 0 Å². The van der Waals surface area contributed by atoms with Gasteiger partial charge >= 0.3 is 0 Å². The van der Waals surface area contributed by atoms with Crippen molar-refractivity contribution in [2.45, 2.75) is 193 Å². The van der Waals surface area contributed by atoms with Crippen molar-refractivity contribution in [2.24, 2.45) is 63.5 Å². The molecule has 7 unspecified atom stereocenters. The van der Waals surface area contributed by atoms with Crippen LogP contribution in [0, 0.1) is 46.3 Å². The van der Waals surface area contributed by atoms with Gasteiger partial charge < -0.3 is 36.5 Å². The minimum atomic E-state index is -0.329. The van der Waals surface area contributed by atoms with Gasteiger partial charge in [0.05, 0.1) is 18.3 Å². The number of nitrogens with zero attached hydrogens (tertiary/aromatic N) is 1. The number of hydrogen-bond acceptors (Lipinski definition) is 9. The Labute approximate surface area is 351 Å². The van der Waals surface area contributed by atoms with Crippen LogP contribution in [0.1, 0.15) is 169 Å². The summed E-state index contributed by atoms with van der Waals surface area (Å²) in [7, 11) is 0. The van der Waals surface area contributed by atoms with Crippen LogP contribution in [0.5, 0.6) is 0 Å². The Kier molecular flexibility index (Phi) is 22.4. The van der Waals surface area contributed by atoms with Gasteiger partial charge in [-0.3, -0.25) is 4.90 Å². The highest BCUT2D eigenvalue weighted by atomic mass is 32.1. The first-order valence-electron chi connectivity index (χ1n) is 24.2. The molecule has 4 aliphatic rings. The molecule has 8 nitrogen and oxygen atoms in total. The smallest absolute Gasteiger partial charge is 0.107 e. The second kappa shape index (κ2) is 25.7. The van der Waals surface area contributed by atoms with Gasteiger partial charge in [-0.2, -0.15) is 12.6 Å². The number of fused-ring (bicyclic) bond motifs is 5. The van der Waals surface area contributed by atoms with Crippen LogP contribution in [0.2, 0.25) is 0 Å². The molecular formula is C47H92N4O4S. The number of aliphatic hydroxyl groups is 1. The lowest BCUT2D eigenvalue weighted by Gasteiger charge is -2.65. The summed E-state index contributed by atoms with van der Waals surface area (Å²) < 4.78 is 20.5. The van der Waals surface area contributed by atoms with Crippen LogP contribution >= 0.6 is 12.6 Å². The summed E-state index contributed by atoms with van der Waals surface area (Å²) in [4.78, 5) is 2.43. The predicted molar refractivity (Wildman–Crippen MR) is 238 cm³/mol. The maximum atomic E-state index is 11.4. The van der Waals surface area contributed by atoms with Crippen LogP contribution in [0.4, 0.5) is 0 Å². The first-order chi connectivity index (χ1) is 27.2. The Bertz CT molecular complexity index is 1040. The molecule has 9 heteroatoms. The van der Waals surface area contributed by atoms with E-state index in [2.05, 4.69) is 45.2 Å². The number of unbranched alkanes of at least 4 members (excludes halogenated alkanes) is 7. The maximum absolute atomic E-state index is 11.4. The number of ether oxygens (including phenoxy) is 3. The number of aliphatic hydroxyl groups excluding tert-OH is 1. The molecule has 4 rings (SSSR count). The summed E-state index contributed by atoms with van der Waals surface area (Å²) in [5.74, 6) is 4.51. The molecule has 0 spiro atoms. The number of nitrogens with two attached hydrogens (primary N) is 3. The lowest BCUT2D eigenvalue weighted by atomic mass is 9.43. The number of rotatable bonds is 30. The fourth-order valence-corrected chi connectivity index (χ4v) is 12.9. The Morgan fingerprint density at radius 2 is 1.38 bits per heavy atom. The van der Waals surface area contributed by atoms with Gasteiger partial charge in [0.25, 0.3) is 0 Å². The monoisotopic (exact) mass is 809 g/mol. The topological polar surface area (TPSA) is 129 Å². The summed E-state index contributed by atoms with van der Waals surface area (Å²) in [5, 5.41) is 11.4. The van der Waals surface area contributed by atoms with Crippen LogP contribution in [0.25, 0.3) is 0 Å². The first kappa shape index (κ1) is 48.7. The van der Waals surface area contributed by atoms with E-state index < -0.39 is 0 Å². The molecular weight excluding hydrogens is 717 g/mol. The fourth-order valence-electron chi connectivity index (χ4n) is 12.7. The van der Waals surface area contributed by atoms with Crippen molar-refractivity contribution in [1.29, 1.82) is 0 Å². The fraction of sp³-hybridized carbons (Fsp3) is 1.00. The summed E-state index contributed by atoms with van der Waals surface area (Å²) >= 11 is 4.41. The highest BCUT2D eigenvalue weighted by molar-refractivity contribution is 7.80. The van der Waals surface area contributed by atoms with E-state index in [0.717, 1.165) is 116 Å². The normalized spacial score (nSPS) is 34.0. The van der Waals surface area contributed by atoms with Crippen LogP contribution < -0.4 is 17.2 Å². The molecule has 4 fully saturated rings. The minimum absolute atomic E-state index is 0.112. The number of hydrogen-bond donors (Lipinski definition) is 5. The van der Waals surface area contributed by atoms with Crippen LogP contribution in [-0.2, 0) is 14.2 Å². The standard InChI is InChI=1S/C47H92N4O4S/c1-5-6-7-8-9-12-27-51(44(52)19-11-10-13-32-56)28-14-18-36(2)39-20-21-40-45-41(35-43(47(39,40)4)55-31-17-26-50)46(3)23-22-38(53-29-15-24-48)33-37(46)34-42(45)54-30-16-25-49/h36-45,52,56H,5-35,48-50H2,1-4H3/t36-,37?,38?,39?,40+,41+,42-,43+,44?,45?,46?,47?/m1/s1. The van der Waals surface area contributed by atoms with Gasteiger partial charge in [0.15, 0.2) is 0 Å². The molecule has 0 radical (unpaired) electrons. The maximum Gasteiger partial charge on any atom is 0.107 e. The lowest BCUT2D eigenvalue weighted by Crippen LogP contribution is -2.63. The molecule has 0 heterocycles. The van der Waals surface area contributed by atoms with Crippen LogP contribution in [-0.4, -0.2) is 92.8 Å². The van der Waals surface area contributed by atoms with Gasteiger partial charge in [-0.15, -0.1) is 0 Å². The molecule has 7 N–H and O–H groups in total. The highest BCUT2D eigenvalue weighted by Gasteiger charge is 2.66. The van der Waals surface area contributed by atoms with E-state index in [-0.39, 0.29) is 29.3 Å². The molecule has 0 bridgehead atoms. The van der Waals surface area contributed by atoms with Gasteiger partial charge in [-0.25, -0.2) is 0 Å². The number of thiol groups is 1. The molecule has 4 aliphatic carbocycles. The van der Waals surface area contributed by atoms with Crippen molar-refractivity contribution in [2.75, 3.05) is 58.3 Å². The second-order valence-electron chi connectivity index (χ2n) is 19.5. The average molecular weight is 809 g/mol. The first-order valence-corrected chi connectivity index (χ1v) is 24.8. The predicted octanol–water partition coefficient (Wildman–Crippen LogP) is 8.95. The molecule has 4 saturated carbocycles. The summed E-state index contributed by atoms with van der Waals surface area (Å²) in [6.07, 6.45) is 26.0. The Balaban J connectivity index is 1.49. The van der Waals surface area contributed by atoms with E-state index in [1.54, 1.807) is 0 Å². The van der Waals surface area contributed by atoms with Crippen molar-refractivity contribution in [3.05, 3.63) is 0 Å². The largest absolute Gasteiger partial charge is 0.378 e. The van der Waals surface area contributed by atoms with Crippen LogP contribution in [0.3, 0.4) is 0 Å². The molecule has 12 atom stereocenters. The third-order valence-corrected chi connectivity index (χ3v) is 16.3. The average Bonchev–Trinajstić information content (AvgIpc) is 3.55. The van der Waals surface area contributed by atoms with E-state index in [1.807, 2.05) is 0 Å². The zero-order valence-electron chi connectivity index (χ0n) is 37.0. The Morgan fingerprint density at radius 3 is 2.09 bits per heavy atom. The molecule has 0 amide bonds. The van der Waals surface area contributed by atoms with Crippen molar-refractivity contribution in [3.8, 4) is 0 Å². The minimum Gasteiger partial charge on any atom is -0.378 e. The van der Waals surface area contributed by atoms with Gasteiger partial charge in [-0.05, 0) is 169 Å². The van der Waals surface area contributed by atoms with Crippen molar-refractivity contribution in [3.63, 3.8) is 0 Å². The summed E-state index contributed by atoms with van der Waals surface area (Å²) in [6, 6.07) is 0. The molecule has 0 aromatic heterocycles. The lowest BCUT2D eigenvalue weighted by molar-refractivity contribution is -0.227. The Hall–Kier alpha value is 0.0300. The van der Waals surface area contributed by atoms with Gasteiger partial charge in [-0.1, -0.05) is 66.2 Å². The molecule has 0 saturated heterocycles. The molecule has 0 aliphatic heterocycles. The summed E-state index contributed by atoms with van der Waals surface area (Å²) in [5.41, 5.74) is 18.3. The van der Waals surface area contributed by atoms with E-state index in [4.69, 9.17) is 31.4 Å². The van der Waals surface area contributed by atoms with E-state index in [9.17, 15) is 5.11 Å².